The molecule has 2 rings (SSSR count). The van der Waals surface area contributed by atoms with Gasteiger partial charge in [0.1, 0.15) is 5.75 Å². The lowest BCUT2D eigenvalue weighted by molar-refractivity contribution is 0.470. The average Bonchev–Trinajstić information content (AvgIpc) is 2.38. The zero-order valence-electron chi connectivity index (χ0n) is 10.9. The highest BCUT2D eigenvalue weighted by molar-refractivity contribution is 5.56. The van der Waals surface area contributed by atoms with Gasteiger partial charge in [0, 0.05) is 16.7 Å². The van der Waals surface area contributed by atoms with Crippen LogP contribution in [-0.4, -0.2) is 5.11 Å². The molecule has 0 amide bonds. The second kappa shape index (κ2) is 4.98. The van der Waals surface area contributed by atoms with Crippen molar-refractivity contribution in [3.63, 3.8) is 0 Å². The van der Waals surface area contributed by atoms with Crippen molar-refractivity contribution in [1.82, 2.24) is 0 Å². The first-order valence-electron chi connectivity index (χ1n) is 5.96. The van der Waals surface area contributed by atoms with Gasteiger partial charge in [-0.25, -0.2) is 0 Å². The van der Waals surface area contributed by atoms with Gasteiger partial charge in [0.25, 0.3) is 0 Å². The zero-order valence-corrected chi connectivity index (χ0v) is 10.9. The molecule has 0 aliphatic carbocycles. The standard InChI is InChI=1S/C17H16O/c1-12-11-17(18)14(3)16(13(12)2)10-9-15-7-5-4-6-8-15/h4-8,11,18H,1-3H3. The fraction of sp³-hybridized carbons (Fsp3) is 0.176. The molecule has 1 N–H and O–H groups in total. The highest BCUT2D eigenvalue weighted by Gasteiger charge is 2.07. The van der Waals surface area contributed by atoms with Crippen LogP contribution in [0.4, 0.5) is 0 Å². The minimum Gasteiger partial charge on any atom is -0.508 e. The monoisotopic (exact) mass is 236 g/mol. The second-order valence-corrected chi connectivity index (χ2v) is 4.45. The first kappa shape index (κ1) is 12.3. The van der Waals surface area contributed by atoms with E-state index in [1.807, 2.05) is 51.1 Å². The molecule has 1 nitrogen and oxygen atoms in total. The number of aromatic hydroxyl groups is 1. The van der Waals surface area contributed by atoms with E-state index in [1.54, 1.807) is 6.07 Å². The maximum atomic E-state index is 9.83. The number of hydrogen-bond donors (Lipinski definition) is 1. The van der Waals surface area contributed by atoms with Crippen molar-refractivity contribution in [3.05, 3.63) is 64.2 Å². The van der Waals surface area contributed by atoms with Crippen LogP contribution in [0.15, 0.2) is 36.4 Å². The highest BCUT2D eigenvalue weighted by atomic mass is 16.3. The Balaban J connectivity index is 2.51. The van der Waals surface area contributed by atoms with E-state index in [1.165, 1.54) is 0 Å². The quantitative estimate of drug-likeness (QED) is 0.691. The van der Waals surface area contributed by atoms with Gasteiger partial charge in [0.2, 0.25) is 0 Å². The molecule has 0 spiro atoms. The van der Waals surface area contributed by atoms with E-state index in [-0.39, 0.29) is 0 Å². The molecule has 0 aromatic heterocycles. The maximum Gasteiger partial charge on any atom is 0.120 e. The molecule has 0 radical (unpaired) electrons. The van der Waals surface area contributed by atoms with Gasteiger partial charge in [-0.3, -0.25) is 0 Å². The summed E-state index contributed by atoms with van der Waals surface area (Å²) < 4.78 is 0. The summed E-state index contributed by atoms with van der Waals surface area (Å²) in [5.41, 5.74) is 4.96. The zero-order chi connectivity index (χ0) is 13.1. The fourth-order valence-electron chi connectivity index (χ4n) is 1.87. The van der Waals surface area contributed by atoms with Crippen LogP contribution in [0.2, 0.25) is 0 Å². The molecule has 0 aliphatic rings. The summed E-state index contributed by atoms with van der Waals surface area (Å²) in [6, 6.07) is 11.7. The van der Waals surface area contributed by atoms with Gasteiger partial charge in [0.05, 0.1) is 0 Å². The molecule has 90 valence electrons. The Kier molecular flexibility index (Phi) is 3.39. The molecule has 0 fully saturated rings. The van der Waals surface area contributed by atoms with Gasteiger partial charge in [-0.05, 0) is 50.1 Å². The van der Waals surface area contributed by atoms with Gasteiger partial charge in [-0.2, -0.15) is 0 Å². The lowest BCUT2D eigenvalue weighted by atomic mass is 9.97. The smallest absolute Gasteiger partial charge is 0.120 e. The molecule has 0 saturated heterocycles. The van der Waals surface area contributed by atoms with Crippen molar-refractivity contribution in [1.29, 1.82) is 0 Å². The number of rotatable bonds is 0. The van der Waals surface area contributed by atoms with Crippen LogP contribution in [0, 0.1) is 32.6 Å². The largest absolute Gasteiger partial charge is 0.508 e. The summed E-state index contributed by atoms with van der Waals surface area (Å²) in [7, 11) is 0. The molecule has 0 aliphatic heterocycles. The van der Waals surface area contributed by atoms with Gasteiger partial charge in [-0.1, -0.05) is 30.0 Å². The van der Waals surface area contributed by atoms with Crippen molar-refractivity contribution in [2.24, 2.45) is 0 Å². The van der Waals surface area contributed by atoms with Crippen molar-refractivity contribution in [3.8, 4) is 17.6 Å². The molecule has 2 aromatic carbocycles. The average molecular weight is 236 g/mol. The second-order valence-electron chi connectivity index (χ2n) is 4.45. The molecular weight excluding hydrogens is 220 g/mol. The topological polar surface area (TPSA) is 20.2 Å². The van der Waals surface area contributed by atoms with E-state index in [4.69, 9.17) is 0 Å². The van der Waals surface area contributed by atoms with Crippen LogP contribution in [0.25, 0.3) is 0 Å². The van der Waals surface area contributed by atoms with Crippen LogP contribution >= 0.6 is 0 Å². The van der Waals surface area contributed by atoms with E-state index in [2.05, 4.69) is 11.8 Å². The van der Waals surface area contributed by atoms with Gasteiger partial charge in [-0.15, -0.1) is 0 Å². The van der Waals surface area contributed by atoms with E-state index in [0.29, 0.717) is 5.75 Å². The van der Waals surface area contributed by atoms with Crippen molar-refractivity contribution < 1.29 is 5.11 Å². The Morgan fingerprint density at radius 3 is 2.22 bits per heavy atom. The molecule has 0 atom stereocenters. The molecule has 18 heavy (non-hydrogen) atoms. The van der Waals surface area contributed by atoms with Gasteiger partial charge < -0.3 is 5.11 Å². The summed E-state index contributed by atoms with van der Waals surface area (Å²) in [5, 5.41) is 9.83. The summed E-state index contributed by atoms with van der Waals surface area (Å²) in [6.07, 6.45) is 0. The van der Waals surface area contributed by atoms with Crippen LogP contribution in [0.3, 0.4) is 0 Å². The number of phenolic OH excluding ortho intramolecular Hbond substituents is 1. The summed E-state index contributed by atoms with van der Waals surface area (Å²) in [5.74, 6) is 6.62. The first-order chi connectivity index (χ1) is 8.59. The Labute approximate surface area is 108 Å². The molecule has 0 unspecified atom stereocenters. The Morgan fingerprint density at radius 2 is 1.56 bits per heavy atom. The van der Waals surface area contributed by atoms with Crippen molar-refractivity contribution >= 4 is 0 Å². The highest BCUT2D eigenvalue weighted by Crippen LogP contribution is 2.25. The minimum absolute atomic E-state index is 0.315. The molecule has 0 heterocycles. The third kappa shape index (κ3) is 2.38. The van der Waals surface area contributed by atoms with Crippen LogP contribution in [0.1, 0.15) is 27.8 Å². The normalized spacial score (nSPS) is 9.72. The first-order valence-corrected chi connectivity index (χ1v) is 5.96. The number of benzene rings is 2. The van der Waals surface area contributed by atoms with E-state index >= 15 is 0 Å². The summed E-state index contributed by atoms with van der Waals surface area (Å²) in [6.45, 7) is 5.93. The third-order valence-electron chi connectivity index (χ3n) is 3.18. The molecule has 2 aromatic rings. The van der Waals surface area contributed by atoms with Gasteiger partial charge in [0.15, 0.2) is 0 Å². The summed E-state index contributed by atoms with van der Waals surface area (Å²) >= 11 is 0. The lowest BCUT2D eigenvalue weighted by Gasteiger charge is -2.08. The van der Waals surface area contributed by atoms with E-state index in [0.717, 1.165) is 27.8 Å². The maximum absolute atomic E-state index is 9.83. The SMILES string of the molecule is Cc1cc(O)c(C)c(C#Cc2ccccc2)c1C. The van der Waals surface area contributed by atoms with Crippen molar-refractivity contribution in [2.75, 3.05) is 0 Å². The number of phenols is 1. The van der Waals surface area contributed by atoms with Crippen molar-refractivity contribution in [2.45, 2.75) is 20.8 Å². The molecular formula is C17H16O. The number of hydrogen-bond acceptors (Lipinski definition) is 1. The molecule has 0 saturated carbocycles. The minimum atomic E-state index is 0.315. The number of aryl methyl sites for hydroxylation is 1. The fourth-order valence-corrected chi connectivity index (χ4v) is 1.87. The Bertz CT molecular complexity index is 602. The van der Waals surface area contributed by atoms with Gasteiger partial charge >= 0.3 is 0 Å². The molecule has 0 bridgehead atoms. The van der Waals surface area contributed by atoms with Crippen LogP contribution in [-0.2, 0) is 0 Å². The Morgan fingerprint density at radius 1 is 0.889 bits per heavy atom. The van der Waals surface area contributed by atoms with E-state index < -0.39 is 0 Å². The molecule has 1 heteroatoms. The third-order valence-corrected chi connectivity index (χ3v) is 3.18. The van der Waals surface area contributed by atoms with Crippen LogP contribution in [0.5, 0.6) is 5.75 Å². The predicted octanol–water partition coefficient (Wildman–Crippen LogP) is 3.72. The van der Waals surface area contributed by atoms with Crippen LogP contribution < -0.4 is 0 Å². The van der Waals surface area contributed by atoms with E-state index in [9.17, 15) is 5.11 Å². The Hall–Kier alpha value is -2.20. The predicted molar refractivity (Wildman–Crippen MR) is 74.7 cm³/mol. The summed E-state index contributed by atoms with van der Waals surface area (Å²) in [4.78, 5) is 0. The lowest BCUT2D eigenvalue weighted by Crippen LogP contribution is -1.92.